The Morgan fingerprint density at radius 3 is 2.82 bits per heavy atom. The van der Waals surface area contributed by atoms with Gasteiger partial charge in [0, 0.05) is 25.2 Å². The number of carbonyl (C=O) groups excluding carboxylic acids is 1. The van der Waals surface area contributed by atoms with Gasteiger partial charge in [0.1, 0.15) is 11.6 Å². The summed E-state index contributed by atoms with van der Waals surface area (Å²) < 4.78 is 18.4. The Morgan fingerprint density at radius 2 is 2.18 bits per heavy atom. The van der Waals surface area contributed by atoms with E-state index in [2.05, 4.69) is 17.1 Å². The maximum absolute atomic E-state index is 13.0. The van der Waals surface area contributed by atoms with Crippen LogP contribution in [0.5, 0.6) is 5.75 Å². The van der Waals surface area contributed by atoms with Crippen LogP contribution in [0.2, 0.25) is 5.02 Å². The first-order valence-corrected chi connectivity index (χ1v) is 8.06. The molecule has 1 fully saturated rings. The van der Waals surface area contributed by atoms with Crippen LogP contribution in [0.4, 0.5) is 4.39 Å². The van der Waals surface area contributed by atoms with E-state index >= 15 is 0 Å². The number of ether oxygens (including phenoxy) is 1. The number of piperidine rings is 1. The van der Waals surface area contributed by atoms with Crippen molar-refractivity contribution in [3.8, 4) is 5.75 Å². The van der Waals surface area contributed by atoms with Crippen molar-refractivity contribution in [3.63, 3.8) is 0 Å². The number of nitrogens with zero attached hydrogens (tertiary/aromatic N) is 1. The SMILES string of the molecule is CCCN1CCC(NC(=O)COc2ccc(F)c(Cl)c2)CC1. The molecule has 0 atom stereocenters. The third-order valence-electron chi connectivity index (χ3n) is 3.75. The van der Waals surface area contributed by atoms with E-state index in [1.165, 1.54) is 18.2 Å². The Kier molecular flexibility index (Phi) is 6.46. The highest BCUT2D eigenvalue weighted by Crippen LogP contribution is 2.21. The monoisotopic (exact) mass is 328 g/mol. The Morgan fingerprint density at radius 1 is 1.45 bits per heavy atom. The van der Waals surface area contributed by atoms with Crippen LogP contribution < -0.4 is 10.1 Å². The third kappa shape index (κ3) is 5.14. The largest absolute Gasteiger partial charge is 0.484 e. The Bertz CT molecular complexity index is 505. The number of halogens is 2. The molecule has 0 aromatic heterocycles. The van der Waals surface area contributed by atoms with Gasteiger partial charge in [0.15, 0.2) is 6.61 Å². The molecule has 1 aliphatic rings. The molecule has 4 nitrogen and oxygen atoms in total. The number of likely N-dealkylation sites (tertiary alicyclic amines) is 1. The Balaban J connectivity index is 1.71. The van der Waals surface area contributed by atoms with Gasteiger partial charge in [-0.2, -0.15) is 0 Å². The molecule has 0 aliphatic carbocycles. The van der Waals surface area contributed by atoms with Crippen molar-refractivity contribution in [3.05, 3.63) is 29.0 Å². The van der Waals surface area contributed by atoms with Crippen LogP contribution in [-0.4, -0.2) is 43.1 Å². The average Bonchev–Trinajstić information content (AvgIpc) is 2.51. The van der Waals surface area contributed by atoms with Crippen LogP contribution in [0.1, 0.15) is 26.2 Å². The van der Waals surface area contributed by atoms with Gasteiger partial charge in [-0.3, -0.25) is 4.79 Å². The highest BCUT2D eigenvalue weighted by atomic mass is 35.5. The predicted octanol–water partition coefficient (Wildman–Crippen LogP) is 2.85. The predicted molar refractivity (Wildman–Crippen MR) is 84.8 cm³/mol. The van der Waals surface area contributed by atoms with E-state index < -0.39 is 5.82 Å². The average molecular weight is 329 g/mol. The summed E-state index contributed by atoms with van der Waals surface area (Å²) in [5.74, 6) is -0.272. The zero-order valence-corrected chi connectivity index (χ0v) is 13.5. The summed E-state index contributed by atoms with van der Waals surface area (Å²) in [4.78, 5) is 14.3. The molecule has 6 heteroatoms. The third-order valence-corrected chi connectivity index (χ3v) is 4.04. The smallest absolute Gasteiger partial charge is 0.258 e. The zero-order chi connectivity index (χ0) is 15.9. The van der Waals surface area contributed by atoms with E-state index in [0.29, 0.717) is 5.75 Å². The molecule has 22 heavy (non-hydrogen) atoms. The fourth-order valence-corrected chi connectivity index (χ4v) is 2.77. The minimum atomic E-state index is -0.502. The Hall–Kier alpha value is -1.33. The lowest BCUT2D eigenvalue weighted by Crippen LogP contribution is -2.46. The normalized spacial score (nSPS) is 16.5. The second-order valence-electron chi connectivity index (χ2n) is 5.55. The number of benzene rings is 1. The van der Waals surface area contributed by atoms with Crippen molar-refractivity contribution in [2.75, 3.05) is 26.2 Å². The first kappa shape index (κ1) is 17.0. The van der Waals surface area contributed by atoms with Gasteiger partial charge in [-0.15, -0.1) is 0 Å². The molecule has 1 aromatic rings. The van der Waals surface area contributed by atoms with Gasteiger partial charge in [0.05, 0.1) is 5.02 Å². The van der Waals surface area contributed by atoms with E-state index in [1.807, 2.05) is 0 Å². The highest BCUT2D eigenvalue weighted by Gasteiger charge is 2.20. The maximum atomic E-state index is 13.0. The molecule has 0 unspecified atom stereocenters. The summed E-state index contributed by atoms with van der Waals surface area (Å²) in [5, 5.41) is 2.97. The van der Waals surface area contributed by atoms with Crippen LogP contribution in [0.25, 0.3) is 0 Å². The molecule has 2 rings (SSSR count). The van der Waals surface area contributed by atoms with Crippen LogP contribution in [0.15, 0.2) is 18.2 Å². The van der Waals surface area contributed by atoms with Crippen molar-refractivity contribution < 1.29 is 13.9 Å². The van der Waals surface area contributed by atoms with Gasteiger partial charge < -0.3 is 15.0 Å². The van der Waals surface area contributed by atoms with Crippen LogP contribution >= 0.6 is 11.6 Å². The molecule has 1 aromatic carbocycles. The van der Waals surface area contributed by atoms with Gasteiger partial charge in [0.25, 0.3) is 5.91 Å². The molecule has 1 saturated heterocycles. The number of carbonyl (C=O) groups is 1. The second kappa shape index (κ2) is 8.34. The molecule has 0 spiro atoms. The minimum Gasteiger partial charge on any atom is -0.484 e. The number of nitrogens with one attached hydrogen (secondary N) is 1. The standard InChI is InChI=1S/C16H22ClFN2O2/c1-2-7-20-8-5-12(6-9-20)19-16(21)11-22-13-3-4-15(18)14(17)10-13/h3-4,10,12H,2,5-9,11H2,1H3,(H,19,21). The molecular weight excluding hydrogens is 307 g/mol. The molecule has 122 valence electrons. The first-order chi connectivity index (χ1) is 10.6. The van der Waals surface area contributed by atoms with E-state index in [4.69, 9.17) is 16.3 Å². The lowest BCUT2D eigenvalue weighted by atomic mass is 10.0. The molecule has 1 amide bonds. The molecule has 0 radical (unpaired) electrons. The molecule has 0 saturated carbocycles. The summed E-state index contributed by atoms with van der Waals surface area (Å²) in [6.07, 6.45) is 3.09. The first-order valence-electron chi connectivity index (χ1n) is 7.68. The lowest BCUT2D eigenvalue weighted by Gasteiger charge is -2.32. The fourth-order valence-electron chi connectivity index (χ4n) is 2.60. The van der Waals surface area contributed by atoms with Crippen molar-refractivity contribution in [1.82, 2.24) is 10.2 Å². The molecule has 0 bridgehead atoms. The van der Waals surface area contributed by atoms with Crippen molar-refractivity contribution in [2.24, 2.45) is 0 Å². The number of hydrogen-bond donors (Lipinski definition) is 1. The maximum Gasteiger partial charge on any atom is 0.258 e. The molecule has 1 heterocycles. The van der Waals surface area contributed by atoms with E-state index in [-0.39, 0.29) is 23.6 Å². The quantitative estimate of drug-likeness (QED) is 0.873. The lowest BCUT2D eigenvalue weighted by molar-refractivity contribution is -0.124. The summed E-state index contributed by atoms with van der Waals surface area (Å²) in [6, 6.07) is 4.26. The van der Waals surface area contributed by atoms with Gasteiger partial charge in [0.2, 0.25) is 0 Å². The van der Waals surface area contributed by atoms with Crippen molar-refractivity contribution >= 4 is 17.5 Å². The van der Waals surface area contributed by atoms with Crippen molar-refractivity contribution in [1.29, 1.82) is 0 Å². The van der Waals surface area contributed by atoms with Gasteiger partial charge in [-0.05, 0) is 37.9 Å². The van der Waals surface area contributed by atoms with Gasteiger partial charge in [-0.25, -0.2) is 4.39 Å². The topological polar surface area (TPSA) is 41.6 Å². The van der Waals surface area contributed by atoms with E-state index in [0.717, 1.165) is 38.9 Å². The summed E-state index contributed by atoms with van der Waals surface area (Å²) in [5.41, 5.74) is 0. The molecule has 1 N–H and O–H groups in total. The van der Waals surface area contributed by atoms with Crippen LogP contribution in [-0.2, 0) is 4.79 Å². The van der Waals surface area contributed by atoms with Gasteiger partial charge >= 0.3 is 0 Å². The highest BCUT2D eigenvalue weighted by molar-refractivity contribution is 6.30. The van der Waals surface area contributed by atoms with Crippen LogP contribution in [0.3, 0.4) is 0 Å². The summed E-state index contributed by atoms with van der Waals surface area (Å²) in [6.45, 7) is 5.25. The van der Waals surface area contributed by atoms with E-state index in [9.17, 15) is 9.18 Å². The zero-order valence-electron chi connectivity index (χ0n) is 12.8. The minimum absolute atomic E-state index is 0.0128. The Labute approximate surface area is 135 Å². The number of amides is 1. The number of rotatable bonds is 6. The molecule has 1 aliphatic heterocycles. The van der Waals surface area contributed by atoms with Gasteiger partial charge in [-0.1, -0.05) is 18.5 Å². The molecular formula is C16H22ClFN2O2. The fraction of sp³-hybridized carbons (Fsp3) is 0.562. The number of hydrogen-bond acceptors (Lipinski definition) is 3. The summed E-state index contributed by atoms with van der Waals surface area (Å²) >= 11 is 5.66. The van der Waals surface area contributed by atoms with Crippen molar-refractivity contribution in [2.45, 2.75) is 32.2 Å². The second-order valence-corrected chi connectivity index (χ2v) is 5.96. The van der Waals surface area contributed by atoms with E-state index in [1.54, 1.807) is 0 Å². The summed E-state index contributed by atoms with van der Waals surface area (Å²) in [7, 11) is 0. The van der Waals surface area contributed by atoms with Crippen LogP contribution in [0, 0.1) is 5.82 Å².